The zero-order chi connectivity index (χ0) is 18.6. The van der Waals surface area contributed by atoms with E-state index in [1.165, 1.54) is 0 Å². The molecule has 1 fully saturated rings. The van der Waals surface area contributed by atoms with E-state index in [4.69, 9.17) is 5.73 Å². The van der Waals surface area contributed by atoms with E-state index in [-0.39, 0.29) is 16.8 Å². The fourth-order valence-electron chi connectivity index (χ4n) is 3.56. The van der Waals surface area contributed by atoms with Crippen molar-refractivity contribution in [3.05, 3.63) is 29.8 Å². The summed E-state index contributed by atoms with van der Waals surface area (Å²) in [5.74, 6) is 0.612. The minimum atomic E-state index is -3.47. The van der Waals surface area contributed by atoms with Crippen LogP contribution < -0.4 is 10.5 Å². The van der Waals surface area contributed by atoms with Gasteiger partial charge in [0.05, 0.1) is 4.90 Å². The second-order valence-electron chi connectivity index (χ2n) is 6.76. The number of unbranched alkanes of at least 4 members (excludes halogenated alkanes) is 2. The number of benzene rings is 1. The molecule has 1 aromatic carbocycles. The summed E-state index contributed by atoms with van der Waals surface area (Å²) in [6.45, 7) is 1.91. The molecule has 0 bridgehead atoms. The molecule has 0 aliphatic carbocycles. The highest BCUT2D eigenvalue weighted by atomic mass is 32.2. The fraction of sp³-hybridized carbons (Fsp3) is 0.556. The number of rotatable bonds is 7. The summed E-state index contributed by atoms with van der Waals surface area (Å²) in [7, 11) is -3.47. The van der Waals surface area contributed by atoms with Gasteiger partial charge in [-0.05, 0) is 37.8 Å². The monoisotopic (exact) mass is 378 g/mol. The van der Waals surface area contributed by atoms with E-state index in [1.54, 1.807) is 24.3 Å². The lowest BCUT2D eigenvalue weighted by Gasteiger charge is -2.23. The molecule has 1 saturated heterocycles. The number of hydrogen-bond donors (Lipinski definition) is 2. The number of likely N-dealkylation sites (tertiary alicyclic amines) is 1. The molecule has 7 nitrogen and oxygen atoms in total. The summed E-state index contributed by atoms with van der Waals surface area (Å²) in [5.41, 5.74) is 6.34. The van der Waals surface area contributed by atoms with Crippen molar-refractivity contribution in [3.63, 3.8) is 0 Å². The Hall–Kier alpha value is -1.93. The first-order valence-electron chi connectivity index (χ1n) is 9.19. The van der Waals surface area contributed by atoms with Crippen molar-refractivity contribution in [1.82, 2.24) is 9.62 Å². The van der Waals surface area contributed by atoms with Gasteiger partial charge in [0, 0.05) is 37.7 Å². The van der Waals surface area contributed by atoms with Crippen molar-refractivity contribution in [1.29, 1.82) is 0 Å². The van der Waals surface area contributed by atoms with Crippen molar-refractivity contribution in [3.8, 4) is 0 Å². The molecule has 0 aromatic heterocycles. The SMILES string of the molecule is NCC1CCCN1C(=O)CCCCCN=C1NS(=O)(=O)c2ccccc21. The number of amides is 1. The molecule has 26 heavy (non-hydrogen) atoms. The van der Waals surface area contributed by atoms with Gasteiger partial charge >= 0.3 is 0 Å². The third-order valence-electron chi connectivity index (χ3n) is 4.95. The predicted molar refractivity (Wildman–Crippen MR) is 100 cm³/mol. The summed E-state index contributed by atoms with van der Waals surface area (Å²) >= 11 is 0. The molecule has 1 aromatic rings. The molecule has 2 heterocycles. The van der Waals surface area contributed by atoms with E-state index in [1.807, 2.05) is 4.90 Å². The lowest BCUT2D eigenvalue weighted by Crippen LogP contribution is -2.39. The number of nitrogens with two attached hydrogens (primary N) is 1. The van der Waals surface area contributed by atoms with Gasteiger partial charge < -0.3 is 10.6 Å². The second kappa shape index (κ2) is 8.18. The summed E-state index contributed by atoms with van der Waals surface area (Å²) in [6.07, 6.45) is 5.13. The van der Waals surface area contributed by atoms with Crippen molar-refractivity contribution in [2.45, 2.75) is 49.5 Å². The van der Waals surface area contributed by atoms with E-state index in [0.29, 0.717) is 30.9 Å². The number of carbonyl (C=O) groups is 1. The number of nitrogens with zero attached hydrogens (tertiary/aromatic N) is 2. The molecule has 3 rings (SSSR count). The molecule has 0 radical (unpaired) electrons. The third kappa shape index (κ3) is 4.07. The maximum Gasteiger partial charge on any atom is 0.263 e. The molecular weight excluding hydrogens is 352 g/mol. The number of sulfonamides is 1. The minimum Gasteiger partial charge on any atom is -0.338 e. The number of aliphatic imine (C=N–C) groups is 1. The van der Waals surface area contributed by atoms with Gasteiger partial charge in [0.25, 0.3) is 10.0 Å². The zero-order valence-corrected chi connectivity index (χ0v) is 15.7. The Balaban J connectivity index is 1.42. The molecule has 1 amide bonds. The zero-order valence-electron chi connectivity index (χ0n) is 14.9. The minimum absolute atomic E-state index is 0.196. The van der Waals surface area contributed by atoms with Crippen LogP contribution in [-0.2, 0) is 14.8 Å². The number of amidine groups is 1. The Labute approximate surface area is 154 Å². The van der Waals surface area contributed by atoms with Gasteiger partial charge in [0.15, 0.2) is 0 Å². The quantitative estimate of drug-likeness (QED) is 0.696. The highest BCUT2D eigenvalue weighted by Crippen LogP contribution is 2.22. The number of hydrogen-bond acceptors (Lipinski definition) is 5. The van der Waals surface area contributed by atoms with Gasteiger partial charge in [0.2, 0.25) is 5.91 Å². The normalized spacial score (nSPS) is 22.4. The standard InChI is InChI=1S/C18H26N4O3S/c19-13-14-7-6-12-22(14)17(23)10-2-1-5-11-20-18-15-8-3-4-9-16(15)26(24,25)21-18/h3-4,8-9,14H,1-2,5-7,10-13,19H2,(H,20,21). The second-order valence-corrected chi connectivity index (χ2v) is 8.41. The van der Waals surface area contributed by atoms with Gasteiger partial charge in [-0.15, -0.1) is 0 Å². The van der Waals surface area contributed by atoms with Crippen LogP contribution in [0.25, 0.3) is 0 Å². The van der Waals surface area contributed by atoms with Gasteiger partial charge in [0.1, 0.15) is 5.84 Å². The maximum absolute atomic E-state index is 12.2. The molecule has 3 N–H and O–H groups in total. The first-order valence-corrected chi connectivity index (χ1v) is 10.7. The van der Waals surface area contributed by atoms with Crippen LogP contribution in [0.1, 0.15) is 44.1 Å². The average molecular weight is 378 g/mol. The molecule has 0 spiro atoms. The van der Waals surface area contributed by atoms with Crippen LogP contribution in [0, 0.1) is 0 Å². The first kappa shape index (κ1) is 18.8. The highest BCUT2D eigenvalue weighted by molar-refractivity contribution is 7.90. The van der Waals surface area contributed by atoms with Crippen LogP contribution in [-0.4, -0.2) is 50.7 Å². The first-order chi connectivity index (χ1) is 12.5. The van der Waals surface area contributed by atoms with E-state index in [2.05, 4.69) is 9.71 Å². The van der Waals surface area contributed by atoms with Crippen molar-refractivity contribution in [2.75, 3.05) is 19.6 Å². The van der Waals surface area contributed by atoms with Crippen LogP contribution in [0.4, 0.5) is 0 Å². The lowest BCUT2D eigenvalue weighted by molar-refractivity contribution is -0.132. The molecule has 142 valence electrons. The van der Waals surface area contributed by atoms with Crippen molar-refractivity contribution in [2.24, 2.45) is 10.7 Å². The Morgan fingerprint density at radius 3 is 2.88 bits per heavy atom. The Morgan fingerprint density at radius 1 is 1.27 bits per heavy atom. The third-order valence-corrected chi connectivity index (χ3v) is 6.35. The van der Waals surface area contributed by atoms with E-state index in [9.17, 15) is 13.2 Å². The Kier molecular flexibility index (Phi) is 5.93. The summed E-state index contributed by atoms with van der Waals surface area (Å²) in [4.78, 5) is 18.8. The molecule has 1 unspecified atom stereocenters. The summed E-state index contributed by atoms with van der Waals surface area (Å²) < 4.78 is 26.5. The van der Waals surface area contributed by atoms with Crippen LogP contribution in [0.15, 0.2) is 34.2 Å². The lowest BCUT2D eigenvalue weighted by atomic mass is 10.1. The summed E-state index contributed by atoms with van der Waals surface area (Å²) in [6, 6.07) is 7.06. The van der Waals surface area contributed by atoms with Crippen molar-refractivity contribution >= 4 is 21.8 Å². The molecule has 8 heteroatoms. The number of fused-ring (bicyclic) bond motifs is 1. The average Bonchev–Trinajstić information content (AvgIpc) is 3.21. The van der Waals surface area contributed by atoms with Crippen LogP contribution in [0.5, 0.6) is 0 Å². The topological polar surface area (TPSA) is 105 Å². The van der Waals surface area contributed by atoms with Gasteiger partial charge in [-0.25, -0.2) is 8.42 Å². The molecule has 1 atom stereocenters. The van der Waals surface area contributed by atoms with Gasteiger partial charge in [-0.1, -0.05) is 18.6 Å². The van der Waals surface area contributed by atoms with Crippen LogP contribution in [0.2, 0.25) is 0 Å². The van der Waals surface area contributed by atoms with E-state index < -0.39 is 10.0 Å². The van der Waals surface area contributed by atoms with Crippen LogP contribution >= 0.6 is 0 Å². The number of nitrogens with one attached hydrogen (secondary N) is 1. The molecular formula is C18H26N4O3S. The smallest absolute Gasteiger partial charge is 0.263 e. The van der Waals surface area contributed by atoms with Gasteiger partial charge in [-0.3, -0.25) is 14.5 Å². The summed E-state index contributed by atoms with van der Waals surface area (Å²) in [5, 5.41) is 0. The number of carbonyl (C=O) groups excluding carboxylic acids is 1. The highest BCUT2D eigenvalue weighted by Gasteiger charge is 2.30. The van der Waals surface area contributed by atoms with E-state index >= 15 is 0 Å². The maximum atomic E-state index is 12.2. The molecule has 0 saturated carbocycles. The molecule has 2 aliphatic heterocycles. The predicted octanol–water partition coefficient (Wildman–Crippen LogP) is 1.24. The van der Waals surface area contributed by atoms with Gasteiger partial charge in [-0.2, -0.15) is 0 Å². The van der Waals surface area contributed by atoms with E-state index in [0.717, 1.165) is 38.6 Å². The molecule has 2 aliphatic rings. The van der Waals surface area contributed by atoms with Crippen LogP contribution in [0.3, 0.4) is 0 Å². The largest absolute Gasteiger partial charge is 0.338 e. The fourth-order valence-corrected chi connectivity index (χ4v) is 4.81. The van der Waals surface area contributed by atoms with Crippen molar-refractivity contribution < 1.29 is 13.2 Å². The Morgan fingerprint density at radius 2 is 2.08 bits per heavy atom. The Bertz CT molecular complexity index is 791.